The van der Waals surface area contributed by atoms with Gasteiger partial charge in [-0.2, -0.15) is 5.10 Å². The van der Waals surface area contributed by atoms with Crippen LogP contribution in [0.15, 0.2) is 24.4 Å². The first-order chi connectivity index (χ1) is 8.91. The highest BCUT2D eigenvalue weighted by Crippen LogP contribution is 2.27. The number of nitrogens with one attached hydrogen (secondary N) is 1. The van der Waals surface area contributed by atoms with Crippen molar-refractivity contribution in [1.82, 2.24) is 15.2 Å². The summed E-state index contributed by atoms with van der Waals surface area (Å²) >= 11 is 0. The van der Waals surface area contributed by atoms with E-state index in [0.29, 0.717) is 5.82 Å². The third-order valence-electron chi connectivity index (χ3n) is 3.15. The summed E-state index contributed by atoms with van der Waals surface area (Å²) in [5.41, 5.74) is 3.65. The first-order valence-electron chi connectivity index (χ1n) is 6.41. The van der Waals surface area contributed by atoms with Gasteiger partial charge in [0.15, 0.2) is 5.82 Å². The van der Waals surface area contributed by atoms with Gasteiger partial charge in [-0.3, -0.25) is 0 Å². The summed E-state index contributed by atoms with van der Waals surface area (Å²) in [6, 6.07) is 6.41. The summed E-state index contributed by atoms with van der Waals surface area (Å²) < 4.78 is 0. The Morgan fingerprint density at radius 1 is 1.16 bits per heavy atom. The van der Waals surface area contributed by atoms with E-state index in [-0.39, 0.29) is 5.41 Å². The fraction of sp³-hybridized carbons (Fsp3) is 0.400. The monoisotopic (exact) mass is 256 g/mol. The van der Waals surface area contributed by atoms with Crippen molar-refractivity contribution in [1.29, 1.82) is 0 Å². The molecule has 19 heavy (non-hydrogen) atoms. The zero-order chi connectivity index (χ0) is 14.0. The maximum absolute atomic E-state index is 4.43. The summed E-state index contributed by atoms with van der Waals surface area (Å²) in [6.45, 7) is 8.71. The highest BCUT2D eigenvalue weighted by atomic mass is 15.2. The molecule has 2 rings (SSSR count). The van der Waals surface area contributed by atoms with Crippen LogP contribution in [-0.4, -0.2) is 22.2 Å². The molecule has 0 aliphatic heterocycles. The van der Waals surface area contributed by atoms with Crippen LogP contribution >= 0.6 is 0 Å². The molecule has 0 saturated heterocycles. The average molecular weight is 256 g/mol. The van der Waals surface area contributed by atoms with E-state index in [9.17, 15) is 0 Å². The van der Waals surface area contributed by atoms with Crippen LogP contribution in [0, 0.1) is 6.92 Å². The molecule has 4 nitrogen and oxygen atoms in total. The van der Waals surface area contributed by atoms with E-state index >= 15 is 0 Å². The van der Waals surface area contributed by atoms with E-state index in [0.717, 1.165) is 11.4 Å². The molecule has 4 heteroatoms. The third kappa shape index (κ3) is 2.89. The molecule has 1 aromatic heterocycles. The number of benzene rings is 1. The van der Waals surface area contributed by atoms with Gasteiger partial charge in [0, 0.05) is 12.6 Å². The minimum absolute atomic E-state index is 0.148. The largest absolute Gasteiger partial charge is 0.372 e. The van der Waals surface area contributed by atoms with Crippen molar-refractivity contribution in [2.24, 2.45) is 0 Å². The molecule has 1 aromatic carbocycles. The highest BCUT2D eigenvalue weighted by molar-refractivity contribution is 5.61. The molecule has 1 N–H and O–H groups in total. The van der Waals surface area contributed by atoms with Crippen LogP contribution in [0.1, 0.15) is 31.9 Å². The zero-order valence-electron chi connectivity index (χ0n) is 12.2. The summed E-state index contributed by atoms with van der Waals surface area (Å²) in [6.07, 6.45) is 1.61. The van der Waals surface area contributed by atoms with Crippen LogP contribution in [0.2, 0.25) is 0 Å². The predicted molar refractivity (Wildman–Crippen MR) is 78.2 cm³/mol. The van der Waals surface area contributed by atoms with Crippen molar-refractivity contribution in [2.75, 3.05) is 12.4 Å². The van der Waals surface area contributed by atoms with E-state index < -0.39 is 0 Å². The second kappa shape index (κ2) is 4.96. The Hall–Kier alpha value is -1.97. The van der Waals surface area contributed by atoms with Gasteiger partial charge in [0.25, 0.3) is 0 Å². The Morgan fingerprint density at radius 2 is 1.89 bits per heavy atom. The highest BCUT2D eigenvalue weighted by Gasteiger charge is 2.15. The number of aryl methyl sites for hydroxylation is 1. The van der Waals surface area contributed by atoms with Gasteiger partial charge in [-0.25, -0.2) is 4.98 Å². The Kier molecular flexibility index (Phi) is 3.51. The van der Waals surface area contributed by atoms with Gasteiger partial charge in [-0.05, 0) is 23.5 Å². The quantitative estimate of drug-likeness (QED) is 0.896. The smallest absolute Gasteiger partial charge is 0.184 e. The van der Waals surface area contributed by atoms with E-state index in [1.807, 2.05) is 7.05 Å². The molecular formula is C15H20N4. The molecule has 0 spiro atoms. The molecule has 0 aliphatic rings. The summed E-state index contributed by atoms with van der Waals surface area (Å²) in [4.78, 5) is 4.43. The number of nitrogens with zero attached hydrogens (tertiary/aromatic N) is 3. The van der Waals surface area contributed by atoms with Crippen molar-refractivity contribution < 1.29 is 0 Å². The standard InChI is InChI=1S/C15H20N4/c1-10-8-11(15(2,3)4)6-7-12(10)14-18-13(16-5)9-17-19-14/h6-9H,1-5H3,(H,16,18,19). The van der Waals surface area contributed by atoms with E-state index in [1.165, 1.54) is 11.1 Å². The van der Waals surface area contributed by atoms with Crippen molar-refractivity contribution in [3.05, 3.63) is 35.5 Å². The normalized spacial score (nSPS) is 11.4. The number of rotatable bonds is 2. The van der Waals surface area contributed by atoms with Gasteiger partial charge in [-0.15, -0.1) is 5.10 Å². The molecule has 0 bridgehead atoms. The van der Waals surface area contributed by atoms with Crippen molar-refractivity contribution >= 4 is 5.82 Å². The molecular weight excluding hydrogens is 236 g/mol. The second-order valence-electron chi connectivity index (χ2n) is 5.69. The van der Waals surface area contributed by atoms with E-state index in [1.54, 1.807) is 6.20 Å². The predicted octanol–water partition coefficient (Wildman–Crippen LogP) is 3.19. The lowest BCUT2D eigenvalue weighted by atomic mass is 9.85. The van der Waals surface area contributed by atoms with Crippen LogP contribution in [0.3, 0.4) is 0 Å². The lowest BCUT2D eigenvalue weighted by molar-refractivity contribution is 0.590. The molecule has 0 fully saturated rings. The van der Waals surface area contributed by atoms with Crippen LogP contribution < -0.4 is 5.32 Å². The molecule has 0 aliphatic carbocycles. The molecule has 0 amide bonds. The Bertz CT molecular complexity index is 585. The molecule has 0 saturated carbocycles. The van der Waals surface area contributed by atoms with Crippen LogP contribution in [0.25, 0.3) is 11.4 Å². The Morgan fingerprint density at radius 3 is 2.47 bits per heavy atom. The first-order valence-corrected chi connectivity index (χ1v) is 6.41. The van der Waals surface area contributed by atoms with Crippen molar-refractivity contribution in [3.8, 4) is 11.4 Å². The van der Waals surface area contributed by atoms with Gasteiger partial charge in [0.2, 0.25) is 0 Å². The fourth-order valence-corrected chi connectivity index (χ4v) is 1.92. The molecule has 1 heterocycles. The lowest BCUT2D eigenvalue weighted by Crippen LogP contribution is -2.11. The number of aromatic nitrogens is 3. The van der Waals surface area contributed by atoms with E-state index in [2.05, 4.69) is 66.4 Å². The van der Waals surface area contributed by atoms with Crippen molar-refractivity contribution in [2.45, 2.75) is 33.1 Å². The van der Waals surface area contributed by atoms with Gasteiger partial charge < -0.3 is 5.32 Å². The summed E-state index contributed by atoms with van der Waals surface area (Å²) in [5, 5.41) is 11.1. The molecule has 2 aromatic rings. The van der Waals surface area contributed by atoms with Gasteiger partial charge in [0.1, 0.15) is 5.82 Å². The summed E-state index contributed by atoms with van der Waals surface area (Å²) in [7, 11) is 1.82. The lowest BCUT2D eigenvalue weighted by Gasteiger charge is -2.20. The molecule has 0 unspecified atom stereocenters. The number of anilines is 1. The number of hydrogen-bond acceptors (Lipinski definition) is 4. The van der Waals surface area contributed by atoms with E-state index in [4.69, 9.17) is 0 Å². The number of hydrogen-bond donors (Lipinski definition) is 1. The third-order valence-corrected chi connectivity index (χ3v) is 3.15. The minimum Gasteiger partial charge on any atom is -0.372 e. The zero-order valence-corrected chi connectivity index (χ0v) is 12.2. The molecule has 0 radical (unpaired) electrons. The second-order valence-corrected chi connectivity index (χ2v) is 5.69. The van der Waals surface area contributed by atoms with Crippen LogP contribution in [0.5, 0.6) is 0 Å². The maximum Gasteiger partial charge on any atom is 0.184 e. The molecule has 0 atom stereocenters. The Balaban J connectivity index is 2.46. The Labute approximate surface area is 114 Å². The average Bonchev–Trinajstić information content (AvgIpc) is 2.37. The van der Waals surface area contributed by atoms with Crippen molar-refractivity contribution in [3.63, 3.8) is 0 Å². The van der Waals surface area contributed by atoms with Gasteiger partial charge >= 0.3 is 0 Å². The first kappa shape index (κ1) is 13.5. The van der Waals surface area contributed by atoms with Gasteiger partial charge in [-0.1, -0.05) is 39.0 Å². The fourth-order valence-electron chi connectivity index (χ4n) is 1.92. The van der Waals surface area contributed by atoms with Crippen LogP contribution in [-0.2, 0) is 5.41 Å². The maximum atomic E-state index is 4.43. The van der Waals surface area contributed by atoms with Gasteiger partial charge in [0.05, 0.1) is 6.20 Å². The molecule has 100 valence electrons. The van der Waals surface area contributed by atoms with Crippen LogP contribution in [0.4, 0.5) is 5.82 Å². The summed E-state index contributed by atoms with van der Waals surface area (Å²) in [5.74, 6) is 1.38. The minimum atomic E-state index is 0.148. The SMILES string of the molecule is CNc1cnnc(-c2ccc(C(C)(C)C)cc2C)n1. The topological polar surface area (TPSA) is 50.7 Å².